The molecule has 0 bridgehead atoms. The maximum atomic E-state index is 5.78. The van der Waals surface area contributed by atoms with E-state index in [2.05, 4.69) is 34.0 Å². The van der Waals surface area contributed by atoms with Gasteiger partial charge in [0, 0.05) is 31.5 Å². The molecule has 2 fully saturated rings. The van der Waals surface area contributed by atoms with E-state index in [1.165, 1.54) is 32.4 Å². The first-order chi connectivity index (χ1) is 9.21. The van der Waals surface area contributed by atoms with Gasteiger partial charge in [0.1, 0.15) is 0 Å². The summed E-state index contributed by atoms with van der Waals surface area (Å²) < 4.78 is 5.78. The fraction of sp³-hybridized carbons (Fsp3) is 0.857. The molecule has 0 N–H and O–H groups in total. The molecule has 1 aromatic rings. The van der Waals surface area contributed by atoms with E-state index in [4.69, 9.17) is 4.42 Å². The smallest absolute Gasteiger partial charge is 0.318 e. The number of hydrogen-bond acceptors (Lipinski definition) is 5. The molecule has 0 aliphatic carbocycles. The van der Waals surface area contributed by atoms with E-state index in [1.54, 1.807) is 0 Å². The van der Waals surface area contributed by atoms with Crippen molar-refractivity contribution in [1.29, 1.82) is 0 Å². The van der Waals surface area contributed by atoms with Gasteiger partial charge in [-0.2, -0.15) is 0 Å². The largest absolute Gasteiger partial charge is 0.408 e. The second-order valence-corrected chi connectivity index (χ2v) is 6.24. The molecule has 2 saturated heterocycles. The minimum absolute atomic E-state index is 0.451. The Labute approximate surface area is 115 Å². The summed E-state index contributed by atoms with van der Waals surface area (Å²) >= 11 is 0. The molecular weight excluding hydrogens is 240 g/mol. The molecule has 19 heavy (non-hydrogen) atoms. The van der Waals surface area contributed by atoms with Gasteiger partial charge in [0.15, 0.2) is 0 Å². The zero-order valence-corrected chi connectivity index (χ0v) is 12.1. The van der Waals surface area contributed by atoms with Crippen molar-refractivity contribution in [3.63, 3.8) is 0 Å². The van der Waals surface area contributed by atoms with Crippen LogP contribution in [0.2, 0.25) is 0 Å². The first kappa shape index (κ1) is 12.9. The fourth-order valence-electron chi connectivity index (χ4n) is 3.55. The highest BCUT2D eigenvalue weighted by molar-refractivity contribution is 5.27. The van der Waals surface area contributed by atoms with Gasteiger partial charge in [-0.1, -0.05) is 12.0 Å². The summed E-state index contributed by atoms with van der Waals surface area (Å²) in [5.41, 5.74) is 0.451. The van der Waals surface area contributed by atoms with Crippen LogP contribution in [0.3, 0.4) is 0 Å². The van der Waals surface area contributed by atoms with Gasteiger partial charge in [-0.05, 0) is 39.3 Å². The van der Waals surface area contributed by atoms with Crippen LogP contribution in [-0.2, 0) is 6.42 Å². The predicted octanol–water partition coefficient (Wildman–Crippen LogP) is 1.94. The van der Waals surface area contributed by atoms with Crippen LogP contribution >= 0.6 is 0 Å². The molecule has 0 aromatic carbocycles. The summed E-state index contributed by atoms with van der Waals surface area (Å²) in [7, 11) is 2.22. The van der Waals surface area contributed by atoms with E-state index < -0.39 is 0 Å². The third kappa shape index (κ3) is 2.61. The molecule has 2 aliphatic rings. The van der Waals surface area contributed by atoms with Gasteiger partial charge in [0.2, 0.25) is 5.89 Å². The first-order valence-electron chi connectivity index (χ1n) is 7.47. The first-order valence-corrected chi connectivity index (χ1v) is 7.47. The van der Waals surface area contributed by atoms with Gasteiger partial charge >= 0.3 is 6.01 Å². The Morgan fingerprint density at radius 2 is 2.11 bits per heavy atom. The van der Waals surface area contributed by atoms with E-state index in [0.717, 1.165) is 37.8 Å². The van der Waals surface area contributed by atoms with E-state index in [0.29, 0.717) is 5.41 Å². The van der Waals surface area contributed by atoms with E-state index in [-0.39, 0.29) is 0 Å². The van der Waals surface area contributed by atoms with Crippen molar-refractivity contribution < 1.29 is 4.42 Å². The van der Waals surface area contributed by atoms with Crippen LogP contribution in [0.1, 0.15) is 38.5 Å². The number of rotatable bonds is 3. The Balaban J connectivity index is 1.70. The highest BCUT2D eigenvalue weighted by Gasteiger charge is 2.41. The lowest BCUT2D eigenvalue weighted by Gasteiger charge is -2.39. The Morgan fingerprint density at radius 3 is 2.84 bits per heavy atom. The molecule has 106 valence electrons. The van der Waals surface area contributed by atoms with Gasteiger partial charge < -0.3 is 14.2 Å². The van der Waals surface area contributed by atoms with Crippen LogP contribution in [0.25, 0.3) is 0 Å². The zero-order valence-electron chi connectivity index (χ0n) is 12.1. The minimum Gasteiger partial charge on any atom is -0.408 e. The van der Waals surface area contributed by atoms with Crippen LogP contribution in [-0.4, -0.2) is 48.3 Å². The van der Waals surface area contributed by atoms with Crippen molar-refractivity contribution in [3.05, 3.63) is 5.89 Å². The molecule has 1 atom stereocenters. The molecule has 1 spiro atoms. The average molecular weight is 264 g/mol. The third-order valence-corrected chi connectivity index (χ3v) is 4.48. The van der Waals surface area contributed by atoms with Crippen molar-refractivity contribution in [2.45, 2.75) is 39.0 Å². The molecule has 3 heterocycles. The number of nitrogens with zero attached hydrogens (tertiary/aromatic N) is 4. The van der Waals surface area contributed by atoms with Gasteiger partial charge in [0.25, 0.3) is 0 Å². The molecule has 0 radical (unpaired) electrons. The zero-order chi connectivity index (χ0) is 13.3. The molecule has 5 heteroatoms. The Kier molecular flexibility index (Phi) is 3.48. The second kappa shape index (κ2) is 5.12. The molecule has 0 saturated carbocycles. The van der Waals surface area contributed by atoms with Crippen LogP contribution in [0, 0.1) is 5.41 Å². The quantitative estimate of drug-likeness (QED) is 0.835. The third-order valence-electron chi connectivity index (χ3n) is 4.48. The normalized spacial score (nSPS) is 28.4. The Bertz CT molecular complexity index is 429. The van der Waals surface area contributed by atoms with Gasteiger partial charge in [-0.3, -0.25) is 0 Å². The van der Waals surface area contributed by atoms with Crippen molar-refractivity contribution in [2.24, 2.45) is 5.41 Å². The van der Waals surface area contributed by atoms with Crippen LogP contribution < -0.4 is 4.90 Å². The molecule has 5 nitrogen and oxygen atoms in total. The summed E-state index contributed by atoms with van der Waals surface area (Å²) in [5.74, 6) is 0.778. The maximum absolute atomic E-state index is 5.78. The minimum atomic E-state index is 0.451. The van der Waals surface area contributed by atoms with E-state index in [9.17, 15) is 0 Å². The molecular formula is C14H24N4O. The predicted molar refractivity (Wildman–Crippen MR) is 74.3 cm³/mol. The number of aromatic nitrogens is 2. The molecule has 0 amide bonds. The van der Waals surface area contributed by atoms with E-state index in [1.807, 2.05) is 0 Å². The summed E-state index contributed by atoms with van der Waals surface area (Å²) in [4.78, 5) is 4.74. The average Bonchev–Trinajstić information content (AvgIpc) is 2.98. The van der Waals surface area contributed by atoms with Crippen LogP contribution in [0.15, 0.2) is 4.42 Å². The van der Waals surface area contributed by atoms with Gasteiger partial charge in [-0.15, -0.1) is 5.10 Å². The van der Waals surface area contributed by atoms with E-state index >= 15 is 0 Å². The van der Waals surface area contributed by atoms with Crippen molar-refractivity contribution in [3.8, 4) is 0 Å². The summed E-state index contributed by atoms with van der Waals surface area (Å²) in [5, 5.41) is 8.37. The standard InChI is InChI=1S/C14H24N4O/c1-3-5-12-15-16-13(19-12)18-8-4-6-14(11-18)7-9-17(2)10-14/h3-11H2,1-2H3. The lowest BCUT2D eigenvalue weighted by atomic mass is 9.79. The summed E-state index contributed by atoms with van der Waals surface area (Å²) in [6.45, 7) is 6.69. The molecule has 3 rings (SSSR count). The molecule has 2 aliphatic heterocycles. The summed E-state index contributed by atoms with van der Waals surface area (Å²) in [6.07, 6.45) is 5.81. The van der Waals surface area contributed by atoms with Gasteiger partial charge in [-0.25, -0.2) is 0 Å². The van der Waals surface area contributed by atoms with Crippen LogP contribution in [0.4, 0.5) is 6.01 Å². The second-order valence-electron chi connectivity index (χ2n) is 6.24. The van der Waals surface area contributed by atoms with Crippen molar-refractivity contribution in [1.82, 2.24) is 15.1 Å². The monoisotopic (exact) mass is 264 g/mol. The number of anilines is 1. The number of aryl methyl sites for hydroxylation is 1. The molecule has 1 unspecified atom stereocenters. The summed E-state index contributed by atoms with van der Waals surface area (Å²) in [6, 6.07) is 0.733. The SMILES string of the molecule is CCCc1nnc(N2CCCC3(CCN(C)C3)C2)o1. The number of hydrogen-bond donors (Lipinski definition) is 0. The Hall–Kier alpha value is -1.10. The highest BCUT2D eigenvalue weighted by atomic mass is 16.4. The van der Waals surface area contributed by atoms with Crippen LogP contribution in [0.5, 0.6) is 0 Å². The topological polar surface area (TPSA) is 45.4 Å². The fourth-order valence-corrected chi connectivity index (χ4v) is 3.55. The van der Waals surface area contributed by atoms with Gasteiger partial charge in [0.05, 0.1) is 0 Å². The van der Waals surface area contributed by atoms with Crippen molar-refractivity contribution in [2.75, 3.05) is 38.1 Å². The lowest BCUT2D eigenvalue weighted by molar-refractivity contribution is 0.228. The van der Waals surface area contributed by atoms with Crippen molar-refractivity contribution >= 4 is 6.01 Å². The Morgan fingerprint density at radius 1 is 1.21 bits per heavy atom. The molecule has 1 aromatic heterocycles. The number of likely N-dealkylation sites (tertiary alicyclic amines) is 1. The maximum Gasteiger partial charge on any atom is 0.318 e. The number of piperidine rings is 1. The highest BCUT2D eigenvalue weighted by Crippen LogP contribution is 2.39. The lowest BCUT2D eigenvalue weighted by Crippen LogP contribution is -2.44.